The average molecular weight is 230 g/mol. The first-order valence-electron chi connectivity index (χ1n) is 6.28. The molecule has 0 bridgehead atoms. The predicted octanol–water partition coefficient (Wildman–Crippen LogP) is 0.151. The van der Waals surface area contributed by atoms with Gasteiger partial charge in [0.1, 0.15) is 0 Å². The minimum Gasteiger partial charge on any atom is -0.329 e. The van der Waals surface area contributed by atoms with Crippen LogP contribution in [-0.2, 0) is 0 Å². The summed E-state index contributed by atoms with van der Waals surface area (Å²) in [6.45, 7) is 6.46. The molecule has 0 fully saturated rings. The molecule has 0 aliphatic carbocycles. The van der Waals surface area contributed by atoms with Crippen LogP contribution in [0, 0.1) is 0 Å². The van der Waals surface area contributed by atoms with Gasteiger partial charge in [0.25, 0.3) is 0 Å². The van der Waals surface area contributed by atoms with Crippen molar-refractivity contribution in [1.29, 1.82) is 0 Å². The third-order valence-electron chi connectivity index (χ3n) is 2.60. The fourth-order valence-electron chi connectivity index (χ4n) is 1.74. The molecule has 4 heteroatoms. The molecule has 98 valence electrons. The van der Waals surface area contributed by atoms with E-state index in [0.717, 1.165) is 26.2 Å². The molecule has 0 unspecified atom stereocenters. The van der Waals surface area contributed by atoms with Crippen molar-refractivity contribution in [1.82, 2.24) is 14.7 Å². The van der Waals surface area contributed by atoms with Crippen LogP contribution in [0.15, 0.2) is 0 Å². The Hall–Kier alpha value is -0.160. The minimum atomic E-state index is 0.768. The summed E-state index contributed by atoms with van der Waals surface area (Å²) < 4.78 is 0. The number of nitrogens with two attached hydrogens (primary N) is 1. The first kappa shape index (κ1) is 15.8. The third kappa shape index (κ3) is 10.4. The third-order valence-corrected chi connectivity index (χ3v) is 2.60. The second-order valence-corrected chi connectivity index (χ2v) is 4.94. The van der Waals surface area contributed by atoms with Gasteiger partial charge in [0.2, 0.25) is 0 Å². The molecule has 0 heterocycles. The van der Waals surface area contributed by atoms with E-state index in [1.54, 1.807) is 0 Å². The van der Waals surface area contributed by atoms with E-state index < -0.39 is 0 Å². The highest BCUT2D eigenvalue weighted by molar-refractivity contribution is 4.60. The van der Waals surface area contributed by atoms with Gasteiger partial charge in [0.15, 0.2) is 0 Å². The molecule has 0 aromatic heterocycles. The monoisotopic (exact) mass is 230 g/mol. The van der Waals surface area contributed by atoms with Crippen LogP contribution in [0.25, 0.3) is 0 Å². The van der Waals surface area contributed by atoms with E-state index in [1.807, 2.05) is 0 Å². The lowest BCUT2D eigenvalue weighted by atomic mass is 10.3. The molecular formula is C12H30N4. The van der Waals surface area contributed by atoms with Crippen molar-refractivity contribution in [2.45, 2.75) is 12.8 Å². The minimum absolute atomic E-state index is 0.768. The highest BCUT2D eigenvalue weighted by atomic mass is 15.1. The molecule has 0 aliphatic rings. The van der Waals surface area contributed by atoms with Crippen LogP contribution < -0.4 is 5.73 Å². The van der Waals surface area contributed by atoms with E-state index in [0.29, 0.717) is 0 Å². The highest BCUT2D eigenvalue weighted by Gasteiger charge is 2.04. The van der Waals surface area contributed by atoms with Crippen LogP contribution in [0.5, 0.6) is 0 Å². The van der Waals surface area contributed by atoms with Crippen LogP contribution in [0.3, 0.4) is 0 Å². The van der Waals surface area contributed by atoms with Crippen molar-refractivity contribution in [3.05, 3.63) is 0 Å². The maximum atomic E-state index is 5.63. The Kier molecular flexibility index (Phi) is 9.92. The summed E-state index contributed by atoms with van der Waals surface area (Å²) in [7, 11) is 8.50. The van der Waals surface area contributed by atoms with Gasteiger partial charge >= 0.3 is 0 Å². The van der Waals surface area contributed by atoms with Gasteiger partial charge in [-0.3, -0.25) is 0 Å². The molecular weight excluding hydrogens is 200 g/mol. The fraction of sp³-hybridized carbons (Fsp3) is 1.00. The zero-order valence-electron chi connectivity index (χ0n) is 11.6. The Bertz CT molecular complexity index is 134. The Morgan fingerprint density at radius 1 is 0.688 bits per heavy atom. The summed E-state index contributed by atoms with van der Waals surface area (Å²) in [6, 6.07) is 0. The van der Waals surface area contributed by atoms with Gasteiger partial charge in [-0.2, -0.15) is 0 Å². The summed E-state index contributed by atoms with van der Waals surface area (Å²) >= 11 is 0. The van der Waals surface area contributed by atoms with Crippen LogP contribution in [-0.4, -0.2) is 82.2 Å². The molecule has 0 spiro atoms. The van der Waals surface area contributed by atoms with Crippen LogP contribution in [0.4, 0.5) is 0 Å². The Balaban J connectivity index is 3.61. The van der Waals surface area contributed by atoms with Crippen LogP contribution in [0.2, 0.25) is 0 Å². The smallest absolute Gasteiger partial charge is 0.0105 e. The average Bonchev–Trinajstić information content (AvgIpc) is 2.16. The van der Waals surface area contributed by atoms with Crippen LogP contribution in [0.1, 0.15) is 12.8 Å². The molecule has 0 saturated heterocycles. The van der Waals surface area contributed by atoms with E-state index in [4.69, 9.17) is 5.73 Å². The Labute approximate surface area is 101 Å². The predicted molar refractivity (Wildman–Crippen MR) is 71.8 cm³/mol. The molecule has 4 nitrogen and oxygen atoms in total. The van der Waals surface area contributed by atoms with Gasteiger partial charge in [-0.1, -0.05) is 0 Å². The van der Waals surface area contributed by atoms with Gasteiger partial charge in [-0.05, 0) is 67.2 Å². The molecule has 0 rings (SSSR count). The second-order valence-electron chi connectivity index (χ2n) is 4.94. The van der Waals surface area contributed by atoms with Gasteiger partial charge in [-0.15, -0.1) is 0 Å². The first-order chi connectivity index (χ1) is 7.56. The molecule has 0 amide bonds. The largest absolute Gasteiger partial charge is 0.329 e. The van der Waals surface area contributed by atoms with Crippen molar-refractivity contribution >= 4 is 0 Å². The lowest BCUT2D eigenvalue weighted by Gasteiger charge is -2.23. The number of hydrogen-bond acceptors (Lipinski definition) is 4. The fourth-order valence-corrected chi connectivity index (χ4v) is 1.74. The van der Waals surface area contributed by atoms with Gasteiger partial charge < -0.3 is 20.4 Å². The summed E-state index contributed by atoms with van der Waals surface area (Å²) in [5.74, 6) is 0. The van der Waals surface area contributed by atoms with E-state index in [2.05, 4.69) is 42.9 Å². The van der Waals surface area contributed by atoms with Gasteiger partial charge in [0.05, 0.1) is 0 Å². The van der Waals surface area contributed by atoms with E-state index >= 15 is 0 Å². The zero-order chi connectivity index (χ0) is 12.4. The Morgan fingerprint density at radius 3 is 1.44 bits per heavy atom. The lowest BCUT2D eigenvalue weighted by Crippen LogP contribution is -2.34. The highest BCUT2D eigenvalue weighted by Crippen LogP contribution is 1.95. The number of nitrogens with zero attached hydrogens (tertiary/aromatic N) is 3. The van der Waals surface area contributed by atoms with Crippen LogP contribution >= 0.6 is 0 Å². The molecule has 0 atom stereocenters. The molecule has 0 aromatic carbocycles. The van der Waals surface area contributed by atoms with Crippen molar-refractivity contribution < 1.29 is 0 Å². The summed E-state index contributed by atoms with van der Waals surface area (Å²) in [5.41, 5.74) is 5.63. The maximum Gasteiger partial charge on any atom is 0.0105 e. The maximum absolute atomic E-state index is 5.63. The quantitative estimate of drug-likeness (QED) is 0.579. The molecule has 2 N–H and O–H groups in total. The first-order valence-corrected chi connectivity index (χ1v) is 6.28. The normalized spacial score (nSPS) is 12.0. The number of hydrogen-bond donors (Lipinski definition) is 1. The summed E-state index contributed by atoms with van der Waals surface area (Å²) in [4.78, 5) is 6.95. The van der Waals surface area contributed by atoms with E-state index in [9.17, 15) is 0 Å². The molecule has 0 aliphatic heterocycles. The molecule has 0 radical (unpaired) electrons. The second kappa shape index (κ2) is 10.0. The molecule has 16 heavy (non-hydrogen) atoms. The van der Waals surface area contributed by atoms with Crippen molar-refractivity contribution in [2.24, 2.45) is 5.73 Å². The van der Waals surface area contributed by atoms with Gasteiger partial charge in [0, 0.05) is 13.1 Å². The molecule has 0 saturated carbocycles. The summed E-state index contributed by atoms with van der Waals surface area (Å²) in [5, 5.41) is 0. The van der Waals surface area contributed by atoms with E-state index in [-0.39, 0.29) is 0 Å². The van der Waals surface area contributed by atoms with Crippen molar-refractivity contribution in [2.75, 3.05) is 67.5 Å². The Morgan fingerprint density at radius 2 is 1.12 bits per heavy atom. The SMILES string of the molecule is CN(C)CCCN(CCN)CCCN(C)C. The lowest BCUT2D eigenvalue weighted by molar-refractivity contribution is 0.246. The molecule has 0 aromatic rings. The van der Waals surface area contributed by atoms with Crippen molar-refractivity contribution in [3.63, 3.8) is 0 Å². The topological polar surface area (TPSA) is 35.7 Å². The van der Waals surface area contributed by atoms with Crippen molar-refractivity contribution in [3.8, 4) is 0 Å². The number of rotatable bonds is 10. The standard InChI is InChI=1S/C12H30N4/c1-14(2)8-5-10-16(12-7-13)11-6-9-15(3)4/h5-13H2,1-4H3. The van der Waals surface area contributed by atoms with E-state index in [1.165, 1.54) is 25.9 Å². The van der Waals surface area contributed by atoms with Gasteiger partial charge in [-0.25, -0.2) is 0 Å². The zero-order valence-corrected chi connectivity index (χ0v) is 11.6. The summed E-state index contributed by atoms with van der Waals surface area (Å²) in [6.07, 6.45) is 2.46.